The molecule has 0 saturated carbocycles. The number of nitrogens with zero attached hydrogens (tertiary/aromatic N) is 1. The van der Waals surface area contributed by atoms with Gasteiger partial charge in [0.2, 0.25) is 6.79 Å². The molecule has 0 atom stereocenters. The lowest BCUT2D eigenvalue weighted by molar-refractivity contribution is 0.173. The second kappa shape index (κ2) is 6.18. The van der Waals surface area contributed by atoms with E-state index < -0.39 is 0 Å². The van der Waals surface area contributed by atoms with E-state index in [1.54, 1.807) is 0 Å². The van der Waals surface area contributed by atoms with Gasteiger partial charge in [-0.25, -0.2) is 0 Å². The van der Waals surface area contributed by atoms with Crippen LogP contribution in [-0.2, 0) is 0 Å². The molecule has 3 nitrogen and oxygen atoms in total. The lowest BCUT2D eigenvalue weighted by atomic mass is 10.0. The maximum atomic E-state index is 5.60. The summed E-state index contributed by atoms with van der Waals surface area (Å²) in [6.45, 7) is 6.42. The van der Waals surface area contributed by atoms with Crippen LogP contribution in [-0.4, -0.2) is 18.5 Å². The Morgan fingerprint density at radius 1 is 1.00 bits per heavy atom. The minimum absolute atomic E-state index is 0.138. The highest BCUT2D eigenvalue weighted by molar-refractivity contribution is 5.86. The van der Waals surface area contributed by atoms with Gasteiger partial charge in [0.1, 0.15) is 0 Å². The van der Waals surface area contributed by atoms with Crippen molar-refractivity contribution in [3.05, 3.63) is 59.2 Å². The molecule has 0 aromatic heterocycles. The predicted molar refractivity (Wildman–Crippen MR) is 92.3 cm³/mol. The van der Waals surface area contributed by atoms with Crippen LogP contribution < -0.4 is 9.47 Å². The Labute approximate surface area is 137 Å². The van der Waals surface area contributed by atoms with Crippen molar-refractivity contribution in [2.75, 3.05) is 6.79 Å². The van der Waals surface area contributed by atoms with Gasteiger partial charge < -0.3 is 9.47 Å². The molecular formula is C20H19NO2. The molecule has 0 aliphatic carbocycles. The number of benzene rings is 2. The lowest BCUT2D eigenvalue weighted by Crippen LogP contribution is -2.10. The number of aliphatic imine (C=N–C) groups is 1. The van der Waals surface area contributed by atoms with Gasteiger partial charge in [0.05, 0.1) is 11.1 Å². The highest BCUT2D eigenvalue weighted by Gasteiger charge is 2.19. The Hall–Kier alpha value is -2.73. The molecule has 23 heavy (non-hydrogen) atoms. The zero-order chi connectivity index (χ0) is 16.3. The Bertz CT molecular complexity index is 790. The summed E-state index contributed by atoms with van der Waals surface area (Å²) in [6, 6.07) is 13.8. The first-order chi connectivity index (χ1) is 11.0. The zero-order valence-electron chi connectivity index (χ0n) is 13.6. The fraction of sp³-hybridized carbons (Fsp3) is 0.250. The van der Waals surface area contributed by atoms with Crippen LogP contribution >= 0.6 is 0 Å². The van der Waals surface area contributed by atoms with Gasteiger partial charge in [-0.15, -0.1) is 0 Å². The summed E-state index contributed by atoms with van der Waals surface area (Å²) < 4.78 is 11.1. The quantitative estimate of drug-likeness (QED) is 0.588. The zero-order valence-corrected chi connectivity index (χ0v) is 13.6. The fourth-order valence-electron chi connectivity index (χ4n) is 2.14. The van der Waals surface area contributed by atoms with E-state index in [4.69, 9.17) is 9.47 Å². The molecule has 0 bridgehead atoms. The third kappa shape index (κ3) is 3.73. The summed E-state index contributed by atoms with van der Waals surface area (Å²) in [4.78, 5) is 4.58. The SMILES string of the molecule is CC(C)(C)N=Cc1ccc2c(c1C#Cc1ccccc1)OCO2. The standard InChI is InChI=1S/C20H19NO2/c1-20(2,3)21-13-16-10-12-18-19(23-14-22-18)17(16)11-9-15-7-5-4-6-8-15/h4-8,10,12-13H,14H2,1-3H3. The van der Waals surface area contributed by atoms with Gasteiger partial charge >= 0.3 is 0 Å². The molecular weight excluding hydrogens is 286 g/mol. The highest BCUT2D eigenvalue weighted by Crippen LogP contribution is 2.36. The number of rotatable bonds is 1. The van der Waals surface area contributed by atoms with Gasteiger partial charge in [0.25, 0.3) is 0 Å². The molecule has 0 amide bonds. The Kier molecular flexibility index (Phi) is 4.08. The molecule has 2 aromatic carbocycles. The fourth-order valence-corrected chi connectivity index (χ4v) is 2.14. The van der Waals surface area contributed by atoms with Gasteiger partial charge in [0.15, 0.2) is 11.5 Å². The van der Waals surface area contributed by atoms with Crippen molar-refractivity contribution in [2.24, 2.45) is 4.99 Å². The number of hydrogen-bond acceptors (Lipinski definition) is 3. The van der Waals surface area contributed by atoms with E-state index in [2.05, 4.69) is 37.6 Å². The van der Waals surface area contributed by atoms with Crippen molar-refractivity contribution in [2.45, 2.75) is 26.3 Å². The van der Waals surface area contributed by atoms with Gasteiger partial charge in [-0.2, -0.15) is 0 Å². The maximum Gasteiger partial charge on any atom is 0.231 e. The molecule has 3 rings (SSSR count). The molecule has 2 aromatic rings. The van der Waals surface area contributed by atoms with Crippen LogP contribution in [0.4, 0.5) is 0 Å². The van der Waals surface area contributed by atoms with E-state index >= 15 is 0 Å². The maximum absolute atomic E-state index is 5.60. The topological polar surface area (TPSA) is 30.8 Å². The number of fused-ring (bicyclic) bond motifs is 1. The van der Waals surface area contributed by atoms with Crippen LogP contribution in [0.1, 0.15) is 37.5 Å². The normalized spacial score (nSPS) is 13.0. The van der Waals surface area contributed by atoms with Crippen molar-refractivity contribution < 1.29 is 9.47 Å². The highest BCUT2D eigenvalue weighted by atomic mass is 16.7. The average molecular weight is 305 g/mol. The first kappa shape index (κ1) is 15.2. The monoisotopic (exact) mass is 305 g/mol. The van der Waals surface area contributed by atoms with Crippen LogP contribution in [0.5, 0.6) is 11.5 Å². The molecule has 0 spiro atoms. The first-order valence-electron chi connectivity index (χ1n) is 7.58. The number of ether oxygens (including phenoxy) is 2. The predicted octanol–water partition coefficient (Wildman–Crippen LogP) is 4.03. The summed E-state index contributed by atoms with van der Waals surface area (Å²) in [5, 5.41) is 0. The van der Waals surface area contributed by atoms with Crippen molar-refractivity contribution in [3.63, 3.8) is 0 Å². The summed E-state index contributed by atoms with van der Waals surface area (Å²) in [7, 11) is 0. The molecule has 0 saturated heterocycles. The molecule has 0 fully saturated rings. The Morgan fingerprint density at radius 2 is 1.78 bits per heavy atom. The summed E-state index contributed by atoms with van der Waals surface area (Å²) in [5.41, 5.74) is 2.58. The van der Waals surface area contributed by atoms with E-state index in [9.17, 15) is 0 Å². The van der Waals surface area contributed by atoms with E-state index in [0.717, 1.165) is 22.4 Å². The first-order valence-corrected chi connectivity index (χ1v) is 7.58. The minimum atomic E-state index is -0.138. The molecule has 3 heteroatoms. The van der Waals surface area contributed by atoms with Gasteiger partial charge in [-0.05, 0) is 45.0 Å². The van der Waals surface area contributed by atoms with Gasteiger partial charge in [0, 0.05) is 17.3 Å². The molecule has 0 unspecified atom stereocenters. The molecule has 1 aliphatic rings. The van der Waals surface area contributed by atoms with E-state index in [1.807, 2.05) is 48.7 Å². The molecule has 116 valence electrons. The molecule has 0 radical (unpaired) electrons. The van der Waals surface area contributed by atoms with Crippen LogP contribution in [0.15, 0.2) is 47.5 Å². The minimum Gasteiger partial charge on any atom is -0.454 e. The van der Waals surface area contributed by atoms with Crippen molar-refractivity contribution >= 4 is 6.21 Å². The van der Waals surface area contributed by atoms with E-state index in [1.165, 1.54) is 0 Å². The van der Waals surface area contributed by atoms with Crippen molar-refractivity contribution in [3.8, 4) is 23.3 Å². The average Bonchev–Trinajstić information content (AvgIpc) is 3.00. The second-order valence-corrected chi connectivity index (χ2v) is 6.31. The largest absolute Gasteiger partial charge is 0.454 e. The van der Waals surface area contributed by atoms with Crippen LogP contribution in [0.25, 0.3) is 0 Å². The molecule has 1 aliphatic heterocycles. The van der Waals surface area contributed by atoms with Gasteiger partial charge in [-0.1, -0.05) is 30.0 Å². The Balaban J connectivity index is 2.05. The van der Waals surface area contributed by atoms with E-state index in [-0.39, 0.29) is 12.3 Å². The lowest BCUT2D eigenvalue weighted by Gasteiger charge is -2.11. The summed E-state index contributed by atoms with van der Waals surface area (Å²) >= 11 is 0. The molecule has 0 N–H and O–H groups in total. The van der Waals surface area contributed by atoms with Crippen LogP contribution in [0, 0.1) is 11.8 Å². The van der Waals surface area contributed by atoms with Crippen LogP contribution in [0.3, 0.4) is 0 Å². The summed E-state index contributed by atoms with van der Waals surface area (Å²) in [5.74, 6) is 7.83. The smallest absolute Gasteiger partial charge is 0.231 e. The van der Waals surface area contributed by atoms with Gasteiger partial charge in [-0.3, -0.25) is 4.99 Å². The summed E-state index contributed by atoms with van der Waals surface area (Å²) in [6.07, 6.45) is 1.86. The van der Waals surface area contributed by atoms with Crippen molar-refractivity contribution in [1.29, 1.82) is 0 Å². The second-order valence-electron chi connectivity index (χ2n) is 6.31. The molecule has 1 heterocycles. The van der Waals surface area contributed by atoms with Crippen LogP contribution in [0.2, 0.25) is 0 Å². The van der Waals surface area contributed by atoms with E-state index in [0.29, 0.717) is 5.75 Å². The number of hydrogen-bond donors (Lipinski definition) is 0. The third-order valence-electron chi connectivity index (χ3n) is 3.27. The Morgan fingerprint density at radius 3 is 2.52 bits per heavy atom. The third-order valence-corrected chi connectivity index (χ3v) is 3.27. The van der Waals surface area contributed by atoms with Crippen molar-refractivity contribution in [1.82, 2.24) is 0 Å².